The highest BCUT2D eigenvalue weighted by Crippen LogP contribution is 2.44. The molecule has 5 aromatic carbocycles. The highest BCUT2D eigenvalue weighted by Gasteiger charge is 2.30. The molecular weight excluding hydrogens is 1030 g/mol. The summed E-state index contributed by atoms with van der Waals surface area (Å²) in [5.74, 6) is -2.26. The van der Waals surface area contributed by atoms with Crippen molar-refractivity contribution in [2.75, 3.05) is 52.5 Å². The summed E-state index contributed by atoms with van der Waals surface area (Å²) in [5, 5.41) is 31.7. The topological polar surface area (TPSA) is 319 Å². The molecule has 0 radical (unpaired) electrons. The quantitative estimate of drug-likeness (QED) is 0.0164. The first-order valence-corrected chi connectivity index (χ1v) is 27.4. The zero-order valence-corrected chi connectivity index (χ0v) is 45.7. The van der Waals surface area contributed by atoms with Gasteiger partial charge in [-0.2, -0.15) is 0 Å². The van der Waals surface area contributed by atoms with E-state index < -0.39 is 41.9 Å². The summed E-state index contributed by atoms with van der Waals surface area (Å²) in [6, 6.07) is 36.4. The molecule has 0 aromatic heterocycles. The molecule has 1 aliphatic rings. The van der Waals surface area contributed by atoms with E-state index in [1.54, 1.807) is 37.3 Å². The van der Waals surface area contributed by atoms with E-state index in [0.717, 1.165) is 27.8 Å². The molecule has 0 spiro atoms. The van der Waals surface area contributed by atoms with E-state index in [4.69, 9.17) is 20.9 Å². The molecule has 13 N–H and O–H groups in total. The van der Waals surface area contributed by atoms with E-state index >= 15 is 0 Å². The lowest BCUT2D eigenvalue weighted by Crippen LogP contribution is -2.48. The van der Waals surface area contributed by atoms with Gasteiger partial charge in [0.1, 0.15) is 30.2 Å². The van der Waals surface area contributed by atoms with Crippen LogP contribution < -0.4 is 58.7 Å². The van der Waals surface area contributed by atoms with Crippen molar-refractivity contribution in [3.05, 3.63) is 155 Å². The lowest BCUT2D eigenvalue weighted by molar-refractivity contribution is -0.129. The molecule has 21 heteroatoms. The predicted octanol–water partition coefficient (Wildman–Crippen LogP) is 4.67. The van der Waals surface area contributed by atoms with Crippen LogP contribution in [-0.4, -0.2) is 117 Å². The zero-order valence-electron chi connectivity index (χ0n) is 45.7. The Bertz CT molecular complexity index is 2860. The fourth-order valence-corrected chi connectivity index (χ4v) is 9.14. The van der Waals surface area contributed by atoms with Gasteiger partial charge in [-0.05, 0) is 102 Å². The number of ether oxygens (including phenoxy) is 2. The minimum Gasteiger partial charge on any atom is -0.508 e. The number of fused-ring (bicyclic) bond motifs is 3. The second-order valence-electron chi connectivity index (χ2n) is 19.3. The van der Waals surface area contributed by atoms with E-state index in [9.17, 15) is 38.7 Å². The number of rotatable bonds is 31. The Hall–Kier alpha value is -8.98. The molecule has 81 heavy (non-hydrogen) atoms. The van der Waals surface area contributed by atoms with Crippen LogP contribution in [0.5, 0.6) is 11.5 Å². The molecule has 3 atom stereocenters. The first-order valence-electron chi connectivity index (χ1n) is 27.4. The monoisotopic (exact) mass is 1110 g/mol. The van der Waals surface area contributed by atoms with Crippen molar-refractivity contribution in [3.8, 4) is 22.6 Å². The molecule has 5 aromatic rings. The van der Waals surface area contributed by atoms with Crippen LogP contribution in [0.4, 0.5) is 9.59 Å². The second kappa shape index (κ2) is 32.8. The lowest BCUT2D eigenvalue weighted by Gasteiger charge is -2.23. The van der Waals surface area contributed by atoms with Crippen molar-refractivity contribution in [1.82, 2.24) is 42.5 Å². The maximum absolute atomic E-state index is 14.5. The van der Waals surface area contributed by atoms with Gasteiger partial charge in [0, 0.05) is 64.6 Å². The molecule has 0 fully saturated rings. The number of aliphatic imine (C=N–C) groups is 1. The van der Waals surface area contributed by atoms with Crippen LogP contribution in [0.15, 0.2) is 132 Å². The van der Waals surface area contributed by atoms with Gasteiger partial charge in [-0.15, -0.1) is 0 Å². The number of nitrogens with zero attached hydrogens (tertiary/aromatic N) is 1. The highest BCUT2D eigenvalue weighted by molar-refractivity contribution is 5.95. The minimum absolute atomic E-state index is 0.0542. The SMILES string of the molecule is CCC(=O)NCCNC(=O)NC(N)=NCCC[C@@H](NC(=O)C(c1ccccc1)c1cccc(OCCCCNC(=O)[C@@H](CCCNC(=O)OCC2c3ccccc3-c3ccccc32)NC(=O)CCN)c1)C(=O)NCc1ccc(O)cc1. The van der Waals surface area contributed by atoms with Crippen molar-refractivity contribution in [2.45, 2.75) is 88.8 Å². The van der Waals surface area contributed by atoms with Gasteiger partial charge in [0.25, 0.3) is 0 Å². The van der Waals surface area contributed by atoms with Crippen molar-refractivity contribution < 1.29 is 48.1 Å². The Morgan fingerprint density at radius 3 is 1.99 bits per heavy atom. The summed E-state index contributed by atoms with van der Waals surface area (Å²) in [4.78, 5) is 95.0. The van der Waals surface area contributed by atoms with Crippen LogP contribution in [-0.2, 0) is 35.3 Å². The number of phenols is 1. The number of alkyl carbamates (subject to hydrolysis) is 1. The first kappa shape index (κ1) is 61.2. The number of benzene rings is 5. The van der Waals surface area contributed by atoms with E-state index in [0.29, 0.717) is 55.5 Å². The predicted molar refractivity (Wildman–Crippen MR) is 308 cm³/mol. The van der Waals surface area contributed by atoms with Gasteiger partial charge < -0.3 is 63.3 Å². The standard InChI is InChI=1S/C60H75N11O10/c1-2-52(73)63-34-35-66-59(78)71-58(62)65-32-13-24-51(56(76)68-38-40-25-27-43(72)28-26-40)70-57(77)54(41-15-4-3-5-16-41)42-17-12-18-44(37-42)80-36-11-10-31-64-55(75)50(69-53(74)29-30-61)23-14-33-67-60(79)81-39-49-47-21-8-6-19-45(47)46-20-7-9-22-48(46)49/h3-9,12,15-22,25-28,37,49-51,54,72H,2,10-11,13-14,23-24,29-36,38-39,61H2,1H3,(H,63,73)(H,64,75)(H,67,79)(H,68,76)(H,69,74)(H,70,77)(H4,62,65,66,71,78)/t50-,51-,54?/m1/s1. The number of amides is 8. The normalized spacial score (nSPS) is 12.7. The number of unbranched alkanes of at least 4 members (excludes halogenated alkanes) is 1. The third-order valence-electron chi connectivity index (χ3n) is 13.3. The number of guanidine groups is 1. The Morgan fingerprint density at radius 1 is 0.630 bits per heavy atom. The Morgan fingerprint density at radius 2 is 1.27 bits per heavy atom. The first-order chi connectivity index (χ1) is 39.3. The van der Waals surface area contributed by atoms with Crippen LogP contribution in [0.25, 0.3) is 11.1 Å². The fourth-order valence-electron chi connectivity index (χ4n) is 9.14. The van der Waals surface area contributed by atoms with Crippen molar-refractivity contribution in [1.29, 1.82) is 0 Å². The fraction of sp³-hybridized carbons (Fsp3) is 0.367. The molecule has 1 aliphatic carbocycles. The van der Waals surface area contributed by atoms with Crippen LogP contribution in [0.2, 0.25) is 0 Å². The Balaban J connectivity index is 0.983. The minimum atomic E-state index is -1.01. The number of hydrogen-bond donors (Lipinski definition) is 11. The lowest BCUT2D eigenvalue weighted by atomic mass is 9.90. The Kier molecular flexibility index (Phi) is 24.8. The highest BCUT2D eigenvalue weighted by atomic mass is 16.5. The number of carbonyl (C=O) groups excluding carboxylic acids is 7. The summed E-state index contributed by atoms with van der Waals surface area (Å²) < 4.78 is 11.8. The second-order valence-corrected chi connectivity index (χ2v) is 19.3. The van der Waals surface area contributed by atoms with Crippen LogP contribution in [0.1, 0.15) is 97.9 Å². The maximum atomic E-state index is 14.5. The summed E-state index contributed by atoms with van der Waals surface area (Å²) in [7, 11) is 0. The average Bonchev–Trinajstić information content (AvgIpc) is 4.04. The third-order valence-corrected chi connectivity index (χ3v) is 13.3. The number of hydrogen-bond acceptors (Lipinski definition) is 12. The molecule has 1 unspecified atom stereocenters. The summed E-state index contributed by atoms with van der Waals surface area (Å²) in [6.45, 7) is 3.51. The van der Waals surface area contributed by atoms with Crippen LogP contribution >= 0.6 is 0 Å². The number of phenolic OH excluding ortho intramolecular Hbond substituents is 1. The van der Waals surface area contributed by atoms with Crippen molar-refractivity contribution in [3.63, 3.8) is 0 Å². The number of nitrogens with two attached hydrogens (primary N) is 2. The Labute approximate surface area is 472 Å². The van der Waals surface area contributed by atoms with E-state index in [1.807, 2.05) is 60.7 Å². The molecule has 0 aliphatic heterocycles. The van der Waals surface area contributed by atoms with Gasteiger partial charge in [0.05, 0.1) is 12.5 Å². The number of nitrogens with one attached hydrogen (secondary N) is 8. The maximum Gasteiger partial charge on any atom is 0.407 e. The molecule has 0 saturated heterocycles. The summed E-state index contributed by atoms with van der Waals surface area (Å²) in [6.07, 6.45) is 2.03. The third kappa shape index (κ3) is 20.0. The van der Waals surface area contributed by atoms with Crippen molar-refractivity contribution >= 4 is 47.6 Å². The summed E-state index contributed by atoms with van der Waals surface area (Å²) in [5.41, 5.74) is 18.0. The van der Waals surface area contributed by atoms with E-state index in [2.05, 4.69) is 71.8 Å². The number of urea groups is 1. The largest absolute Gasteiger partial charge is 0.508 e. The van der Waals surface area contributed by atoms with Gasteiger partial charge >= 0.3 is 12.1 Å². The smallest absolute Gasteiger partial charge is 0.407 e. The van der Waals surface area contributed by atoms with E-state index in [1.165, 1.54) is 12.1 Å². The number of aromatic hydroxyl groups is 1. The van der Waals surface area contributed by atoms with Gasteiger partial charge in [-0.25, -0.2) is 9.59 Å². The molecule has 6 rings (SSSR count). The molecule has 0 saturated carbocycles. The molecule has 8 amide bonds. The zero-order chi connectivity index (χ0) is 57.8. The van der Waals surface area contributed by atoms with Crippen molar-refractivity contribution in [2.24, 2.45) is 16.5 Å². The molecule has 21 nitrogen and oxygen atoms in total. The summed E-state index contributed by atoms with van der Waals surface area (Å²) >= 11 is 0. The van der Waals surface area contributed by atoms with Crippen LogP contribution in [0.3, 0.4) is 0 Å². The van der Waals surface area contributed by atoms with E-state index in [-0.39, 0.29) is 107 Å². The molecule has 0 heterocycles. The molecular formula is C60H75N11O10. The van der Waals surface area contributed by atoms with Crippen LogP contribution in [0, 0.1) is 0 Å². The van der Waals surface area contributed by atoms with Gasteiger partial charge in [-0.3, -0.25) is 34.3 Å². The average molecular weight is 1110 g/mol. The molecule has 430 valence electrons. The number of carbonyl (C=O) groups is 7. The van der Waals surface area contributed by atoms with Gasteiger partial charge in [0.15, 0.2) is 5.96 Å². The van der Waals surface area contributed by atoms with Gasteiger partial charge in [0.2, 0.25) is 29.5 Å². The molecule has 0 bridgehead atoms. The van der Waals surface area contributed by atoms with Gasteiger partial charge in [-0.1, -0.05) is 110 Å².